The number of nitrogens with zero attached hydrogens (tertiary/aromatic N) is 3. The van der Waals surface area contributed by atoms with Gasteiger partial charge < -0.3 is 19.5 Å². The van der Waals surface area contributed by atoms with Gasteiger partial charge in [-0.25, -0.2) is 9.48 Å². The normalized spacial score (nSPS) is 15.6. The van der Waals surface area contributed by atoms with E-state index in [1.807, 2.05) is 0 Å². The molecule has 178 valence electrons. The van der Waals surface area contributed by atoms with Crippen LogP contribution in [-0.2, 0) is 9.47 Å². The van der Waals surface area contributed by atoms with Crippen molar-refractivity contribution in [2.75, 3.05) is 32.9 Å². The molecule has 0 bridgehead atoms. The molecule has 3 aromatic rings. The van der Waals surface area contributed by atoms with Gasteiger partial charge in [-0.15, -0.1) is 0 Å². The number of para-hydroxylation sites is 1. The molecular weight excluding hydrogens is 440 g/mol. The van der Waals surface area contributed by atoms with E-state index in [0.717, 1.165) is 13.1 Å². The molecule has 0 amide bonds. The van der Waals surface area contributed by atoms with E-state index in [1.54, 1.807) is 49.4 Å². The summed E-state index contributed by atoms with van der Waals surface area (Å²) < 4.78 is 18.4. The highest BCUT2D eigenvalue weighted by Gasteiger charge is 2.23. The van der Waals surface area contributed by atoms with E-state index in [-0.39, 0.29) is 29.8 Å². The van der Waals surface area contributed by atoms with Crippen LogP contribution in [-0.4, -0.2) is 59.7 Å². The van der Waals surface area contributed by atoms with Gasteiger partial charge in [0.25, 0.3) is 5.69 Å². The van der Waals surface area contributed by atoms with Gasteiger partial charge in [0.1, 0.15) is 5.56 Å². The summed E-state index contributed by atoms with van der Waals surface area (Å²) in [6.07, 6.45) is 2.11. The summed E-state index contributed by atoms with van der Waals surface area (Å²) >= 11 is 0. The zero-order valence-electron chi connectivity index (χ0n) is 18.8. The Hall–Kier alpha value is -3.76. The molecule has 10 heteroatoms. The maximum atomic E-state index is 12.5. The first-order valence-corrected chi connectivity index (χ1v) is 11.1. The van der Waals surface area contributed by atoms with Gasteiger partial charge in [0.05, 0.1) is 48.3 Å². The van der Waals surface area contributed by atoms with Gasteiger partial charge in [0, 0.05) is 25.6 Å². The maximum absolute atomic E-state index is 12.5. The molecule has 0 spiro atoms. The number of nitro groups is 1. The first-order valence-electron chi connectivity index (χ1n) is 11.1. The van der Waals surface area contributed by atoms with E-state index in [9.17, 15) is 14.9 Å². The van der Waals surface area contributed by atoms with Gasteiger partial charge >= 0.3 is 5.97 Å². The lowest BCUT2D eigenvalue weighted by atomic mass is 10.0. The van der Waals surface area contributed by atoms with E-state index in [2.05, 4.69) is 10.4 Å². The number of nitro benzene ring substituents is 1. The highest BCUT2D eigenvalue weighted by Crippen LogP contribution is 2.31. The van der Waals surface area contributed by atoms with Crippen molar-refractivity contribution in [2.45, 2.75) is 19.4 Å². The molecule has 10 nitrogen and oxygen atoms in total. The zero-order valence-corrected chi connectivity index (χ0v) is 18.8. The first kappa shape index (κ1) is 23.4. The molecule has 1 saturated heterocycles. The average molecular weight is 466 g/mol. The van der Waals surface area contributed by atoms with Crippen LogP contribution >= 0.6 is 0 Å². The van der Waals surface area contributed by atoms with Crippen molar-refractivity contribution in [1.29, 1.82) is 0 Å². The van der Waals surface area contributed by atoms with Crippen molar-refractivity contribution in [3.63, 3.8) is 0 Å². The Labute approximate surface area is 196 Å². The van der Waals surface area contributed by atoms with Gasteiger partial charge in [-0.3, -0.25) is 10.1 Å². The smallest absolute Gasteiger partial charge is 0.345 e. The number of aromatic nitrogens is 2. The van der Waals surface area contributed by atoms with E-state index in [1.165, 1.54) is 16.9 Å². The third kappa shape index (κ3) is 5.24. The number of nitrogens with one attached hydrogen (secondary N) is 1. The van der Waals surface area contributed by atoms with Gasteiger partial charge in [-0.1, -0.05) is 24.3 Å². The Morgan fingerprint density at radius 2 is 2.06 bits per heavy atom. The van der Waals surface area contributed by atoms with Crippen LogP contribution in [0.25, 0.3) is 16.8 Å². The summed E-state index contributed by atoms with van der Waals surface area (Å²) in [6, 6.07) is 13.7. The lowest BCUT2D eigenvalue weighted by Crippen LogP contribution is -2.39. The van der Waals surface area contributed by atoms with Crippen LogP contribution in [0.5, 0.6) is 5.88 Å². The first-order chi connectivity index (χ1) is 16.6. The van der Waals surface area contributed by atoms with Gasteiger partial charge in [-0.2, -0.15) is 5.10 Å². The topological polar surface area (TPSA) is 118 Å². The standard InChI is InChI=1S/C24H26N4O6/c1-2-32-24(29)21-16-26-27(23(21)34-13-11-19-15-25-12-14-33-19)18-9-7-17(8-10-18)20-5-3-4-6-22(20)28(30)31/h3-10,16,19,25H,2,11-15H2,1H3. The van der Waals surface area contributed by atoms with Crippen molar-refractivity contribution in [3.05, 3.63) is 70.4 Å². The van der Waals surface area contributed by atoms with Crippen LogP contribution in [0.15, 0.2) is 54.7 Å². The minimum atomic E-state index is -0.518. The predicted molar refractivity (Wildman–Crippen MR) is 124 cm³/mol. The number of esters is 1. The number of hydrogen-bond donors (Lipinski definition) is 1. The van der Waals surface area contributed by atoms with Crippen molar-refractivity contribution in [2.24, 2.45) is 0 Å². The molecule has 1 atom stereocenters. The molecule has 1 aliphatic rings. The third-order valence-electron chi connectivity index (χ3n) is 5.43. The number of hydrogen-bond acceptors (Lipinski definition) is 8. The molecule has 1 aliphatic heterocycles. The quantitative estimate of drug-likeness (QED) is 0.290. The summed E-state index contributed by atoms with van der Waals surface area (Å²) in [5.41, 5.74) is 2.11. The number of carbonyl (C=O) groups excluding carboxylic acids is 1. The van der Waals surface area contributed by atoms with E-state index >= 15 is 0 Å². The van der Waals surface area contributed by atoms with E-state index in [0.29, 0.717) is 36.4 Å². The highest BCUT2D eigenvalue weighted by molar-refractivity contribution is 5.92. The summed E-state index contributed by atoms with van der Waals surface area (Å²) in [4.78, 5) is 23.4. The molecule has 4 rings (SSSR count). The van der Waals surface area contributed by atoms with Crippen LogP contribution in [0.2, 0.25) is 0 Å². The molecule has 1 aromatic heterocycles. The number of ether oxygens (including phenoxy) is 3. The maximum Gasteiger partial charge on any atom is 0.345 e. The van der Waals surface area contributed by atoms with E-state index in [4.69, 9.17) is 14.2 Å². The van der Waals surface area contributed by atoms with Crippen LogP contribution in [0, 0.1) is 10.1 Å². The third-order valence-corrected chi connectivity index (χ3v) is 5.43. The fraction of sp³-hybridized carbons (Fsp3) is 0.333. The Morgan fingerprint density at radius 1 is 1.26 bits per heavy atom. The summed E-state index contributed by atoms with van der Waals surface area (Å²) in [7, 11) is 0. The van der Waals surface area contributed by atoms with Crippen molar-refractivity contribution >= 4 is 11.7 Å². The minimum Gasteiger partial charge on any atom is -0.477 e. The minimum absolute atomic E-state index is 0.0300. The van der Waals surface area contributed by atoms with Gasteiger partial charge in [0.2, 0.25) is 5.88 Å². The Balaban J connectivity index is 1.59. The van der Waals surface area contributed by atoms with Crippen molar-refractivity contribution < 1.29 is 23.9 Å². The number of morpholine rings is 1. The summed E-state index contributed by atoms with van der Waals surface area (Å²) in [5.74, 6) is -0.239. The molecule has 0 radical (unpaired) electrons. The number of benzene rings is 2. The molecule has 2 aromatic carbocycles. The number of carbonyl (C=O) groups is 1. The molecule has 2 heterocycles. The van der Waals surface area contributed by atoms with Crippen molar-refractivity contribution in [3.8, 4) is 22.7 Å². The van der Waals surface area contributed by atoms with E-state index < -0.39 is 10.9 Å². The summed E-state index contributed by atoms with van der Waals surface area (Å²) in [5, 5.41) is 19.0. The lowest BCUT2D eigenvalue weighted by Gasteiger charge is -2.23. The molecule has 0 saturated carbocycles. The molecule has 1 fully saturated rings. The average Bonchev–Trinajstić information content (AvgIpc) is 3.29. The second-order valence-corrected chi connectivity index (χ2v) is 7.65. The van der Waals surface area contributed by atoms with Crippen LogP contribution in [0.1, 0.15) is 23.7 Å². The Bertz CT molecular complexity index is 1140. The Kier molecular flexibility index (Phi) is 7.51. The van der Waals surface area contributed by atoms with Gasteiger partial charge in [0.15, 0.2) is 0 Å². The second kappa shape index (κ2) is 10.9. The molecule has 0 aliphatic carbocycles. The monoisotopic (exact) mass is 466 g/mol. The lowest BCUT2D eigenvalue weighted by molar-refractivity contribution is -0.384. The molecule has 34 heavy (non-hydrogen) atoms. The largest absolute Gasteiger partial charge is 0.477 e. The molecule has 1 unspecified atom stereocenters. The molecular formula is C24H26N4O6. The fourth-order valence-corrected chi connectivity index (χ4v) is 3.76. The van der Waals surface area contributed by atoms with Crippen LogP contribution < -0.4 is 10.1 Å². The second-order valence-electron chi connectivity index (χ2n) is 7.65. The predicted octanol–water partition coefficient (Wildman–Crippen LogP) is 3.38. The zero-order chi connectivity index (χ0) is 23.9. The Morgan fingerprint density at radius 3 is 2.76 bits per heavy atom. The highest BCUT2D eigenvalue weighted by atomic mass is 16.6. The SMILES string of the molecule is CCOC(=O)c1cnn(-c2ccc(-c3ccccc3[N+](=O)[O-])cc2)c1OCCC1CNCCO1. The van der Waals surface area contributed by atoms with Crippen LogP contribution in [0.3, 0.4) is 0 Å². The fourth-order valence-electron chi connectivity index (χ4n) is 3.76. The van der Waals surface area contributed by atoms with Crippen molar-refractivity contribution in [1.82, 2.24) is 15.1 Å². The summed E-state index contributed by atoms with van der Waals surface area (Å²) in [6.45, 7) is 4.54. The number of rotatable bonds is 9. The van der Waals surface area contributed by atoms with Gasteiger partial charge in [-0.05, 0) is 30.7 Å². The van der Waals surface area contributed by atoms with Crippen LogP contribution in [0.4, 0.5) is 5.69 Å². The molecule has 1 N–H and O–H groups in total.